The number of aromatic nitrogens is 5. The molecule has 4 aromatic heterocycles. The molecule has 0 unspecified atom stereocenters. The van der Waals surface area contributed by atoms with Gasteiger partial charge in [0.05, 0.1) is 41.7 Å². The molecule has 10 heteroatoms. The van der Waals surface area contributed by atoms with Crippen LogP contribution < -0.4 is 4.74 Å². The summed E-state index contributed by atoms with van der Waals surface area (Å²) < 4.78 is 13.7. The molecule has 0 aromatic carbocycles. The van der Waals surface area contributed by atoms with Crippen LogP contribution in [0.25, 0.3) is 16.9 Å². The van der Waals surface area contributed by atoms with Gasteiger partial charge in [0.25, 0.3) is 5.91 Å². The molecule has 0 spiro atoms. The SMILES string of the molecule is COCCOc1nc(-c2ccc(I)nc2)nc2c1CN(C(=O)c1cnn3ccccc13)CC2. The summed E-state index contributed by atoms with van der Waals surface area (Å²) in [6, 6.07) is 9.53. The van der Waals surface area contributed by atoms with Gasteiger partial charge in [0.2, 0.25) is 5.88 Å². The summed E-state index contributed by atoms with van der Waals surface area (Å²) in [5.41, 5.74) is 3.88. The van der Waals surface area contributed by atoms with Crippen molar-refractivity contribution in [3.05, 3.63) is 69.4 Å². The average Bonchev–Trinajstić information content (AvgIpc) is 3.28. The van der Waals surface area contributed by atoms with Gasteiger partial charge in [-0.3, -0.25) is 4.79 Å². The number of halogens is 1. The second kappa shape index (κ2) is 9.40. The van der Waals surface area contributed by atoms with E-state index in [1.807, 2.05) is 36.5 Å². The van der Waals surface area contributed by atoms with Gasteiger partial charge in [-0.25, -0.2) is 14.5 Å². The third-order valence-electron chi connectivity index (χ3n) is 5.48. The summed E-state index contributed by atoms with van der Waals surface area (Å²) in [6.45, 7) is 1.71. The smallest absolute Gasteiger partial charge is 0.258 e. The zero-order valence-corrected chi connectivity index (χ0v) is 20.1. The summed E-state index contributed by atoms with van der Waals surface area (Å²) >= 11 is 2.16. The standard InChI is InChI=1S/C23H21IN6O3/c1-32-10-11-33-22-17-14-29(23(31)16-13-26-30-8-3-2-4-19(16)30)9-7-18(17)27-21(28-22)15-5-6-20(24)25-12-15/h2-6,8,12-13H,7,9-11,14H2,1H3. The van der Waals surface area contributed by atoms with Gasteiger partial charge < -0.3 is 14.4 Å². The Hall–Kier alpha value is -3.12. The molecule has 0 radical (unpaired) electrons. The molecule has 33 heavy (non-hydrogen) atoms. The highest BCUT2D eigenvalue weighted by molar-refractivity contribution is 14.1. The minimum absolute atomic E-state index is 0.0735. The van der Waals surface area contributed by atoms with Crippen LogP contribution in [0, 0.1) is 3.70 Å². The third kappa shape index (κ3) is 4.40. The van der Waals surface area contributed by atoms with Crippen LogP contribution in [0.1, 0.15) is 21.6 Å². The fraction of sp³-hybridized carbons (Fsp3) is 0.261. The number of carbonyl (C=O) groups is 1. The van der Waals surface area contributed by atoms with Crippen molar-refractivity contribution in [2.45, 2.75) is 13.0 Å². The molecule has 0 N–H and O–H groups in total. The van der Waals surface area contributed by atoms with Crippen LogP contribution in [0.3, 0.4) is 0 Å². The van der Waals surface area contributed by atoms with Crippen LogP contribution in [0.2, 0.25) is 0 Å². The lowest BCUT2D eigenvalue weighted by Crippen LogP contribution is -2.37. The topological polar surface area (TPSA) is 94.7 Å². The Kier molecular flexibility index (Phi) is 6.18. The molecule has 5 rings (SSSR count). The van der Waals surface area contributed by atoms with Crippen LogP contribution >= 0.6 is 22.6 Å². The van der Waals surface area contributed by atoms with E-state index in [-0.39, 0.29) is 5.91 Å². The third-order valence-corrected chi connectivity index (χ3v) is 6.12. The van der Waals surface area contributed by atoms with Crippen molar-refractivity contribution in [3.63, 3.8) is 0 Å². The van der Waals surface area contributed by atoms with E-state index < -0.39 is 0 Å². The second-order valence-corrected chi connectivity index (χ2v) is 8.66. The zero-order valence-electron chi connectivity index (χ0n) is 17.9. The molecule has 0 atom stereocenters. The van der Waals surface area contributed by atoms with Gasteiger partial charge in [-0.15, -0.1) is 0 Å². The Morgan fingerprint density at radius 1 is 1.15 bits per heavy atom. The normalized spacial score (nSPS) is 13.2. The van der Waals surface area contributed by atoms with E-state index in [1.54, 1.807) is 28.9 Å². The van der Waals surface area contributed by atoms with E-state index in [4.69, 9.17) is 14.5 Å². The quantitative estimate of drug-likeness (QED) is 0.205. The van der Waals surface area contributed by atoms with Gasteiger partial charge in [-0.1, -0.05) is 6.07 Å². The number of hydrogen-bond donors (Lipinski definition) is 0. The van der Waals surface area contributed by atoms with Gasteiger partial charge in [-0.05, 0) is 46.9 Å². The fourth-order valence-corrected chi connectivity index (χ4v) is 4.12. The highest BCUT2D eigenvalue weighted by Crippen LogP contribution is 2.30. The minimum atomic E-state index is -0.0735. The molecule has 1 aliphatic heterocycles. The molecule has 1 aliphatic rings. The summed E-state index contributed by atoms with van der Waals surface area (Å²) in [5, 5.41) is 4.30. The van der Waals surface area contributed by atoms with Crippen LogP contribution in [-0.2, 0) is 17.7 Å². The number of fused-ring (bicyclic) bond motifs is 2. The largest absolute Gasteiger partial charge is 0.475 e. The lowest BCUT2D eigenvalue weighted by molar-refractivity contribution is 0.0731. The van der Waals surface area contributed by atoms with Crippen molar-refractivity contribution in [2.24, 2.45) is 0 Å². The molecule has 0 aliphatic carbocycles. The summed E-state index contributed by atoms with van der Waals surface area (Å²) in [5.74, 6) is 0.964. The molecule has 5 heterocycles. The molecule has 0 bridgehead atoms. The first-order valence-electron chi connectivity index (χ1n) is 10.5. The molecule has 0 fully saturated rings. The van der Waals surface area contributed by atoms with Crippen LogP contribution in [0.4, 0.5) is 0 Å². The number of ether oxygens (including phenoxy) is 2. The fourth-order valence-electron chi connectivity index (χ4n) is 3.81. The van der Waals surface area contributed by atoms with Gasteiger partial charge in [-0.2, -0.15) is 10.1 Å². The first kappa shape index (κ1) is 21.7. The number of pyridine rings is 2. The maximum atomic E-state index is 13.3. The Balaban J connectivity index is 1.47. The predicted molar refractivity (Wildman–Crippen MR) is 129 cm³/mol. The average molecular weight is 556 g/mol. The summed E-state index contributed by atoms with van der Waals surface area (Å²) in [6.07, 6.45) is 5.81. The highest BCUT2D eigenvalue weighted by Gasteiger charge is 2.28. The Bertz CT molecular complexity index is 1310. The van der Waals surface area contributed by atoms with Crippen molar-refractivity contribution in [1.82, 2.24) is 29.5 Å². The van der Waals surface area contributed by atoms with Crippen molar-refractivity contribution in [2.75, 3.05) is 26.9 Å². The molecular formula is C23H21IN6O3. The van der Waals surface area contributed by atoms with E-state index in [0.29, 0.717) is 50.0 Å². The van der Waals surface area contributed by atoms with Crippen molar-refractivity contribution < 1.29 is 14.3 Å². The Labute approximate surface area is 203 Å². The van der Waals surface area contributed by atoms with Gasteiger partial charge in [0.1, 0.15) is 10.3 Å². The van der Waals surface area contributed by atoms with Crippen LogP contribution in [0.5, 0.6) is 5.88 Å². The molecule has 168 valence electrons. The number of amides is 1. The second-order valence-electron chi connectivity index (χ2n) is 7.55. The van der Waals surface area contributed by atoms with E-state index in [1.165, 1.54) is 0 Å². The Morgan fingerprint density at radius 3 is 2.88 bits per heavy atom. The van der Waals surface area contributed by atoms with Gasteiger partial charge in [0, 0.05) is 38.0 Å². The zero-order chi connectivity index (χ0) is 22.8. The first-order chi connectivity index (χ1) is 16.1. The number of methoxy groups -OCH3 is 1. The maximum Gasteiger partial charge on any atom is 0.258 e. The van der Waals surface area contributed by atoms with E-state index in [2.05, 4.69) is 37.7 Å². The van der Waals surface area contributed by atoms with Crippen LogP contribution in [0.15, 0.2) is 48.9 Å². The molecule has 0 saturated carbocycles. The molecule has 4 aromatic rings. The van der Waals surface area contributed by atoms with E-state index in [0.717, 1.165) is 26.0 Å². The molecular weight excluding hydrogens is 535 g/mol. The van der Waals surface area contributed by atoms with Crippen molar-refractivity contribution in [3.8, 4) is 17.3 Å². The van der Waals surface area contributed by atoms with Crippen molar-refractivity contribution in [1.29, 1.82) is 0 Å². The van der Waals surface area contributed by atoms with E-state index in [9.17, 15) is 4.79 Å². The highest BCUT2D eigenvalue weighted by atomic mass is 127. The molecule has 0 saturated heterocycles. The lowest BCUT2D eigenvalue weighted by Gasteiger charge is -2.29. The summed E-state index contributed by atoms with van der Waals surface area (Å²) in [4.78, 5) is 28.9. The summed E-state index contributed by atoms with van der Waals surface area (Å²) in [7, 11) is 1.62. The van der Waals surface area contributed by atoms with Crippen LogP contribution in [-0.4, -0.2) is 62.2 Å². The molecule has 9 nitrogen and oxygen atoms in total. The maximum absolute atomic E-state index is 13.3. The van der Waals surface area contributed by atoms with Gasteiger partial charge in [0.15, 0.2) is 5.82 Å². The number of rotatable bonds is 6. The number of hydrogen-bond acceptors (Lipinski definition) is 7. The minimum Gasteiger partial charge on any atom is -0.475 e. The lowest BCUT2D eigenvalue weighted by atomic mass is 10.0. The Morgan fingerprint density at radius 2 is 2.06 bits per heavy atom. The number of carbonyl (C=O) groups excluding carboxylic acids is 1. The van der Waals surface area contributed by atoms with Crippen molar-refractivity contribution >= 4 is 34.0 Å². The predicted octanol–water partition coefficient (Wildman–Crippen LogP) is 3.01. The first-order valence-corrected chi connectivity index (χ1v) is 11.6. The van der Waals surface area contributed by atoms with Gasteiger partial charge >= 0.3 is 0 Å². The van der Waals surface area contributed by atoms with E-state index >= 15 is 0 Å². The molecule has 1 amide bonds. The number of nitrogens with zero attached hydrogens (tertiary/aromatic N) is 6. The monoisotopic (exact) mass is 556 g/mol.